The van der Waals surface area contributed by atoms with Crippen LogP contribution in [0.15, 0.2) is 66.7 Å². The first kappa shape index (κ1) is 20.4. The molecule has 0 unspecified atom stereocenters. The molecule has 3 aromatic rings. The number of carbonyl (C=O) groups excluding carboxylic acids is 2. The van der Waals surface area contributed by atoms with Crippen LogP contribution in [-0.2, 0) is 27.3 Å². The van der Waals surface area contributed by atoms with Crippen LogP contribution in [0.1, 0.15) is 17.5 Å². The summed E-state index contributed by atoms with van der Waals surface area (Å²) in [6.07, 6.45) is 0.862. The monoisotopic (exact) mass is 391 g/mol. The van der Waals surface area contributed by atoms with Gasteiger partial charge in [0.1, 0.15) is 5.75 Å². The molecular weight excluding hydrogens is 366 g/mol. The molecule has 150 valence electrons. The number of benzene rings is 3. The minimum atomic E-state index is -0.366. The summed E-state index contributed by atoms with van der Waals surface area (Å²) in [6.45, 7) is 0.206. The van der Waals surface area contributed by atoms with Gasteiger partial charge in [-0.25, -0.2) is 0 Å². The number of nitrogens with zero attached hydrogens (tertiary/aromatic N) is 1. The van der Waals surface area contributed by atoms with Gasteiger partial charge in [0, 0.05) is 20.0 Å². The van der Waals surface area contributed by atoms with Crippen LogP contribution in [0.2, 0.25) is 0 Å². The minimum absolute atomic E-state index is 0.229. The van der Waals surface area contributed by atoms with Crippen LogP contribution in [0.3, 0.4) is 0 Å². The number of hydrogen-bond donors (Lipinski definition) is 0. The number of ether oxygens (including phenoxy) is 2. The molecule has 0 saturated heterocycles. The zero-order valence-electron chi connectivity index (χ0n) is 16.8. The van der Waals surface area contributed by atoms with Gasteiger partial charge in [-0.2, -0.15) is 0 Å². The summed E-state index contributed by atoms with van der Waals surface area (Å²) in [7, 11) is 3.35. The van der Waals surface area contributed by atoms with E-state index in [1.807, 2.05) is 66.7 Å². The highest BCUT2D eigenvalue weighted by atomic mass is 16.5. The van der Waals surface area contributed by atoms with Crippen LogP contribution >= 0.6 is 0 Å². The Morgan fingerprint density at radius 3 is 2.38 bits per heavy atom. The predicted octanol–water partition coefficient (Wildman–Crippen LogP) is 3.98. The lowest BCUT2D eigenvalue weighted by Crippen LogP contribution is -2.30. The number of aryl methyl sites for hydroxylation is 1. The average molecular weight is 391 g/mol. The second-order valence-corrected chi connectivity index (χ2v) is 6.94. The molecule has 0 aromatic heterocycles. The topological polar surface area (TPSA) is 55.8 Å². The van der Waals surface area contributed by atoms with Gasteiger partial charge in [-0.1, -0.05) is 48.5 Å². The van der Waals surface area contributed by atoms with E-state index < -0.39 is 0 Å². The Hall–Kier alpha value is -3.34. The lowest BCUT2D eigenvalue weighted by Gasteiger charge is -2.17. The predicted molar refractivity (Wildman–Crippen MR) is 113 cm³/mol. The van der Waals surface area contributed by atoms with E-state index in [1.54, 1.807) is 19.1 Å². The molecule has 0 spiro atoms. The summed E-state index contributed by atoms with van der Waals surface area (Å²) in [6, 6.07) is 21.6. The Kier molecular flexibility index (Phi) is 6.85. The van der Waals surface area contributed by atoms with Crippen LogP contribution in [0.4, 0.5) is 0 Å². The van der Waals surface area contributed by atoms with Gasteiger partial charge in [0.2, 0.25) is 0 Å². The minimum Gasteiger partial charge on any atom is -0.497 e. The zero-order valence-corrected chi connectivity index (χ0v) is 16.8. The van der Waals surface area contributed by atoms with Crippen molar-refractivity contribution in [2.45, 2.75) is 19.4 Å². The van der Waals surface area contributed by atoms with Gasteiger partial charge in [0.25, 0.3) is 5.91 Å². The first-order valence-electron chi connectivity index (χ1n) is 9.55. The van der Waals surface area contributed by atoms with E-state index >= 15 is 0 Å². The number of methoxy groups -OCH3 is 1. The number of carbonyl (C=O) groups is 2. The largest absolute Gasteiger partial charge is 0.497 e. The van der Waals surface area contributed by atoms with E-state index in [2.05, 4.69) is 0 Å². The second-order valence-electron chi connectivity index (χ2n) is 6.94. The molecule has 3 rings (SSSR count). The van der Waals surface area contributed by atoms with Crippen molar-refractivity contribution in [1.82, 2.24) is 4.90 Å². The Labute approximate surface area is 170 Å². The summed E-state index contributed by atoms with van der Waals surface area (Å²) in [4.78, 5) is 25.8. The summed E-state index contributed by atoms with van der Waals surface area (Å²) in [5, 5.41) is 2.16. The van der Waals surface area contributed by atoms with E-state index in [1.165, 1.54) is 0 Å². The van der Waals surface area contributed by atoms with Crippen molar-refractivity contribution >= 4 is 22.6 Å². The van der Waals surface area contributed by atoms with Gasteiger partial charge in [-0.15, -0.1) is 0 Å². The van der Waals surface area contributed by atoms with E-state index in [4.69, 9.17) is 9.47 Å². The zero-order chi connectivity index (χ0) is 20.6. The standard InChI is InChI=1S/C24H25NO4/c1-25(16-19-8-10-21-15-22(28-2)12-11-20(21)14-19)23(26)17-29-24(27)13-9-18-6-4-3-5-7-18/h3-8,10-12,14-15H,9,13,16-17H2,1-2H3. The highest BCUT2D eigenvalue weighted by Gasteiger charge is 2.13. The molecule has 0 aliphatic heterocycles. The highest BCUT2D eigenvalue weighted by Crippen LogP contribution is 2.22. The molecule has 5 heteroatoms. The van der Waals surface area contributed by atoms with Crippen molar-refractivity contribution in [1.29, 1.82) is 0 Å². The van der Waals surface area contributed by atoms with Crippen LogP contribution < -0.4 is 4.74 Å². The van der Waals surface area contributed by atoms with Crippen molar-refractivity contribution in [3.05, 3.63) is 77.9 Å². The highest BCUT2D eigenvalue weighted by molar-refractivity contribution is 5.85. The Bertz CT molecular complexity index is 985. The van der Waals surface area contributed by atoms with Gasteiger partial charge in [-0.05, 0) is 46.5 Å². The molecule has 0 heterocycles. The van der Waals surface area contributed by atoms with E-state index in [0.717, 1.165) is 27.6 Å². The Morgan fingerprint density at radius 1 is 0.897 bits per heavy atom. The third-order valence-electron chi connectivity index (χ3n) is 4.77. The van der Waals surface area contributed by atoms with E-state index in [-0.39, 0.29) is 24.9 Å². The summed E-state index contributed by atoms with van der Waals surface area (Å²) in [5.41, 5.74) is 2.08. The molecule has 5 nitrogen and oxygen atoms in total. The van der Waals surface area contributed by atoms with E-state index in [9.17, 15) is 9.59 Å². The maximum absolute atomic E-state index is 12.3. The number of likely N-dealkylation sites (N-methyl/N-ethyl adjacent to an activating group) is 1. The maximum Gasteiger partial charge on any atom is 0.306 e. The number of amides is 1. The third kappa shape index (κ3) is 5.82. The van der Waals surface area contributed by atoms with Crippen molar-refractivity contribution in [3.8, 4) is 5.75 Å². The maximum atomic E-state index is 12.3. The number of hydrogen-bond acceptors (Lipinski definition) is 4. The molecule has 1 amide bonds. The molecule has 0 aliphatic carbocycles. The molecule has 0 fully saturated rings. The first-order valence-corrected chi connectivity index (χ1v) is 9.55. The number of esters is 1. The molecule has 0 bridgehead atoms. The van der Waals surface area contributed by atoms with Crippen LogP contribution in [0.5, 0.6) is 5.75 Å². The second kappa shape index (κ2) is 9.73. The molecule has 0 N–H and O–H groups in total. The average Bonchev–Trinajstić information content (AvgIpc) is 2.76. The van der Waals surface area contributed by atoms with Crippen molar-refractivity contribution in [3.63, 3.8) is 0 Å². The molecule has 0 aliphatic rings. The number of fused-ring (bicyclic) bond motifs is 1. The smallest absolute Gasteiger partial charge is 0.306 e. The van der Waals surface area contributed by atoms with Gasteiger partial charge in [-0.3, -0.25) is 9.59 Å². The lowest BCUT2D eigenvalue weighted by molar-refractivity contribution is -0.151. The summed E-state index contributed by atoms with van der Waals surface area (Å²) in [5.74, 6) is 0.217. The Morgan fingerprint density at radius 2 is 1.62 bits per heavy atom. The van der Waals surface area contributed by atoms with Gasteiger partial charge >= 0.3 is 5.97 Å². The normalized spacial score (nSPS) is 10.6. The molecule has 0 radical (unpaired) electrons. The molecule has 3 aromatic carbocycles. The van der Waals surface area contributed by atoms with Crippen LogP contribution in [0, 0.1) is 0 Å². The quantitative estimate of drug-likeness (QED) is 0.545. The SMILES string of the molecule is COc1ccc2cc(CN(C)C(=O)COC(=O)CCc3ccccc3)ccc2c1. The van der Waals surface area contributed by atoms with Crippen molar-refractivity contribution < 1.29 is 19.1 Å². The Balaban J connectivity index is 1.48. The molecular formula is C24H25NO4. The summed E-state index contributed by atoms with van der Waals surface area (Å²) < 4.78 is 10.4. The fourth-order valence-corrected chi connectivity index (χ4v) is 3.08. The first-order chi connectivity index (χ1) is 14.0. The van der Waals surface area contributed by atoms with E-state index in [0.29, 0.717) is 13.0 Å². The molecule has 0 saturated carbocycles. The van der Waals surface area contributed by atoms with Gasteiger partial charge in [0.15, 0.2) is 6.61 Å². The van der Waals surface area contributed by atoms with Gasteiger partial charge in [0.05, 0.1) is 7.11 Å². The van der Waals surface area contributed by atoms with Crippen LogP contribution in [-0.4, -0.2) is 37.5 Å². The fourth-order valence-electron chi connectivity index (χ4n) is 3.08. The van der Waals surface area contributed by atoms with Crippen molar-refractivity contribution in [2.24, 2.45) is 0 Å². The summed E-state index contributed by atoms with van der Waals surface area (Å²) >= 11 is 0. The molecule has 29 heavy (non-hydrogen) atoms. The van der Waals surface area contributed by atoms with Gasteiger partial charge < -0.3 is 14.4 Å². The third-order valence-corrected chi connectivity index (χ3v) is 4.77. The fraction of sp³-hybridized carbons (Fsp3) is 0.250. The molecule has 0 atom stereocenters. The number of rotatable bonds is 8. The van der Waals surface area contributed by atoms with Crippen molar-refractivity contribution in [2.75, 3.05) is 20.8 Å². The van der Waals surface area contributed by atoms with Crippen LogP contribution in [0.25, 0.3) is 10.8 Å². The lowest BCUT2D eigenvalue weighted by atomic mass is 10.1.